The monoisotopic (exact) mass is 373 g/mol. The molecule has 26 heavy (non-hydrogen) atoms. The van der Waals surface area contributed by atoms with Gasteiger partial charge in [0, 0.05) is 24.8 Å². The molecule has 0 radical (unpaired) electrons. The third kappa shape index (κ3) is 4.52. The van der Waals surface area contributed by atoms with E-state index in [0.717, 1.165) is 19.3 Å². The molecule has 3 rings (SSSR count). The van der Waals surface area contributed by atoms with E-state index in [1.165, 1.54) is 17.7 Å². The van der Waals surface area contributed by atoms with Crippen LogP contribution in [0.4, 0.5) is 16.2 Å². The molecule has 1 N–H and O–H groups in total. The Morgan fingerprint density at radius 1 is 1.19 bits per heavy atom. The predicted molar refractivity (Wildman–Crippen MR) is 102 cm³/mol. The highest BCUT2D eigenvalue weighted by Gasteiger charge is 2.23. The van der Waals surface area contributed by atoms with Crippen molar-refractivity contribution < 1.29 is 9.72 Å². The fourth-order valence-corrected chi connectivity index (χ4v) is 3.41. The molecule has 0 aliphatic carbocycles. The average Bonchev–Trinajstić information content (AvgIpc) is 2.64. The van der Waals surface area contributed by atoms with E-state index >= 15 is 0 Å². The van der Waals surface area contributed by atoms with Crippen molar-refractivity contribution >= 4 is 29.0 Å². The molecule has 1 fully saturated rings. The topological polar surface area (TPSA) is 75.5 Å². The molecule has 1 heterocycles. The van der Waals surface area contributed by atoms with Crippen LogP contribution in [0.5, 0.6) is 0 Å². The van der Waals surface area contributed by atoms with Gasteiger partial charge in [0.2, 0.25) is 0 Å². The Labute approximate surface area is 156 Å². The fraction of sp³-hybridized carbons (Fsp3) is 0.316. The van der Waals surface area contributed by atoms with E-state index in [2.05, 4.69) is 17.4 Å². The highest BCUT2D eigenvalue weighted by atomic mass is 35.5. The van der Waals surface area contributed by atoms with Gasteiger partial charge in [-0.2, -0.15) is 0 Å². The second-order valence-electron chi connectivity index (χ2n) is 6.47. The van der Waals surface area contributed by atoms with Crippen molar-refractivity contribution in [2.45, 2.75) is 19.3 Å². The number of carbonyl (C=O) groups is 1. The van der Waals surface area contributed by atoms with Crippen LogP contribution in [0.2, 0.25) is 5.02 Å². The summed E-state index contributed by atoms with van der Waals surface area (Å²) in [6.45, 7) is 1.36. The van der Waals surface area contributed by atoms with Crippen molar-refractivity contribution in [2.24, 2.45) is 5.92 Å². The standard InChI is InChI=1S/C19H20ClN3O3/c20-17-7-6-16(13-18(17)23(25)26)21-19(24)22-10-8-15(9-11-22)12-14-4-2-1-3-5-14/h1-7,13,15H,8-12H2,(H,21,24). The molecule has 6 nitrogen and oxygen atoms in total. The fourth-order valence-electron chi connectivity index (χ4n) is 3.22. The van der Waals surface area contributed by atoms with Crippen LogP contribution < -0.4 is 5.32 Å². The number of nitrogens with one attached hydrogen (secondary N) is 1. The largest absolute Gasteiger partial charge is 0.325 e. The summed E-state index contributed by atoms with van der Waals surface area (Å²) in [4.78, 5) is 24.5. The molecular formula is C19H20ClN3O3. The first-order valence-corrected chi connectivity index (χ1v) is 8.94. The number of anilines is 1. The van der Waals surface area contributed by atoms with Gasteiger partial charge in [-0.1, -0.05) is 41.9 Å². The second kappa shape index (κ2) is 8.19. The summed E-state index contributed by atoms with van der Waals surface area (Å²) in [5, 5.41) is 13.7. The molecule has 7 heteroatoms. The number of nitro benzene ring substituents is 1. The van der Waals surface area contributed by atoms with E-state index in [1.807, 2.05) is 18.2 Å². The minimum atomic E-state index is -0.562. The lowest BCUT2D eigenvalue weighted by atomic mass is 9.90. The molecule has 0 unspecified atom stereocenters. The van der Waals surface area contributed by atoms with Crippen LogP contribution in [0.15, 0.2) is 48.5 Å². The van der Waals surface area contributed by atoms with Crippen LogP contribution in [0.3, 0.4) is 0 Å². The van der Waals surface area contributed by atoms with Crippen LogP contribution in [0.1, 0.15) is 18.4 Å². The van der Waals surface area contributed by atoms with E-state index in [-0.39, 0.29) is 16.7 Å². The maximum atomic E-state index is 12.4. The predicted octanol–water partition coefficient (Wildman–Crippen LogP) is 4.73. The zero-order valence-corrected chi connectivity index (χ0v) is 15.0. The van der Waals surface area contributed by atoms with Crippen LogP contribution >= 0.6 is 11.6 Å². The number of hydrogen-bond acceptors (Lipinski definition) is 3. The number of likely N-dealkylation sites (tertiary alicyclic amines) is 1. The highest BCUT2D eigenvalue weighted by Crippen LogP contribution is 2.28. The SMILES string of the molecule is O=C(Nc1ccc(Cl)c([N+](=O)[O-])c1)N1CCC(Cc2ccccc2)CC1. The maximum Gasteiger partial charge on any atom is 0.321 e. The third-order valence-electron chi connectivity index (χ3n) is 4.66. The first-order valence-electron chi connectivity index (χ1n) is 8.56. The van der Waals surface area contributed by atoms with Gasteiger partial charge in [-0.3, -0.25) is 10.1 Å². The van der Waals surface area contributed by atoms with Crippen molar-refractivity contribution in [1.29, 1.82) is 0 Å². The van der Waals surface area contributed by atoms with Gasteiger partial charge in [-0.25, -0.2) is 4.79 Å². The summed E-state index contributed by atoms with van der Waals surface area (Å²) in [6.07, 6.45) is 2.92. The Morgan fingerprint density at radius 2 is 1.88 bits per heavy atom. The lowest BCUT2D eigenvalue weighted by molar-refractivity contribution is -0.384. The molecule has 1 aliphatic heterocycles. The number of piperidine rings is 1. The van der Waals surface area contributed by atoms with E-state index in [0.29, 0.717) is 24.7 Å². The Balaban J connectivity index is 1.54. The maximum absolute atomic E-state index is 12.4. The minimum absolute atomic E-state index is 0.0507. The molecule has 0 aromatic heterocycles. The third-order valence-corrected chi connectivity index (χ3v) is 4.98. The van der Waals surface area contributed by atoms with Crippen molar-refractivity contribution in [3.8, 4) is 0 Å². The zero-order chi connectivity index (χ0) is 18.5. The number of carbonyl (C=O) groups excluding carboxylic acids is 1. The summed E-state index contributed by atoms with van der Waals surface area (Å²) >= 11 is 5.79. The quantitative estimate of drug-likeness (QED) is 0.621. The number of halogens is 1. The van der Waals surface area contributed by atoms with Gasteiger partial charge in [0.15, 0.2) is 0 Å². The lowest BCUT2D eigenvalue weighted by Gasteiger charge is -2.32. The number of hydrogen-bond donors (Lipinski definition) is 1. The van der Waals surface area contributed by atoms with Gasteiger partial charge < -0.3 is 10.2 Å². The molecule has 1 saturated heterocycles. The highest BCUT2D eigenvalue weighted by molar-refractivity contribution is 6.32. The summed E-state index contributed by atoms with van der Waals surface area (Å²) < 4.78 is 0. The average molecular weight is 374 g/mol. The number of rotatable bonds is 4. The number of amides is 2. The van der Waals surface area contributed by atoms with E-state index < -0.39 is 4.92 Å². The zero-order valence-electron chi connectivity index (χ0n) is 14.2. The molecular weight excluding hydrogens is 354 g/mol. The van der Waals surface area contributed by atoms with Gasteiger partial charge in [-0.15, -0.1) is 0 Å². The molecule has 1 aliphatic rings. The van der Waals surface area contributed by atoms with Gasteiger partial charge in [-0.05, 0) is 42.9 Å². The van der Waals surface area contributed by atoms with Gasteiger partial charge in [0.25, 0.3) is 5.69 Å². The smallest absolute Gasteiger partial charge is 0.321 e. The molecule has 0 bridgehead atoms. The molecule has 2 amide bonds. The summed E-state index contributed by atoms with van der Waals surface area (Å²) in [7, 11) is 0. The van der Waals surface area contributed by atoms with Crippen molar-refractivity contribution in [3.63, 3.8) is 0 Å². The van der Waals surface area contributed by atoms with Gasteiger partial charge >= 0.3 is 6.03 Å². The molecule has 0 atom stereocenters. The molecule has 2 aromatic carbocycles. The van der Waals surface area contributed by atoms with Crippen LogP contribution in [0, 0.1) is 16.0 Å². The number of benzene rings is 2. The normalized spacial score (nSPS) is 14.9. The number of urea groups is 1. The van der Waals surface area contributed by atoms with Crippen molar-refractivity contribution in [1.82, 2.24) is 4.90 Å². The lowest BCUT2D eigenvalue weighted by Crippen LogP contribution is -2.41. The van der Waals surface area contributed by atoms with Crippen LogP contribution in [-0.2, 0) is 6.42 Å². The first kappa shape index (κ1) is 18.2. The number of nitro groups is 1. The van der Waals surface area contributed by atoms with E-state index in [4.69, 9.17) is 11.6 Å². The Kier molecular flexibility index (Phi) is 5.73. The molecule has 0 spiro atoms. The van der Waals surface area contributed by atoms with Gasteiger partial charge in [0.05, 0.1) is 4.92 Å². The molecule has 136 valence electrons. The van der Waals surface area contributed by atoms with Crippen molar-refractivity contribution in [2.75, 3.05) is 18.4 Å². The van der Waals surface area contributed by atoms with Crippen LogP contribution in [0.25, 0.3) is 0 Å². The van der Waals surface area contributed by atoms with Crippen molar-refractivity contribution in [3.05, 3.63) is 69.2 Å². The van der Waals surface area contributed by atoms with E-state index in [9.17, 15) is 14.9 Å². The van der Waals surface area contributed by atoms with Crippen LogP contribution in [-0.4, -0.2) is 28.9 Å². The van der Waals surface area contributed by atoms with Gasteiger partial charge in [0.1, 0.15) is 5.02 Å². The number of nitrogens with zero attached hydrogens (tertiary/aromatic N) is 2. The Morgan fingerprint density at radius 3 is 2.54 bits per heavy atom. The Bertz CT molecular complexity index is 790. The summed E-state index contributed by atoms with van der Waals surface area (Å²) in [5.41, 5.74) is 1.48. The molecule has 2 aromatic rings. The first-order chi connectivity index (χ1) is 12.5. The summed E-state index contributed by atoms with van der Waals surface area (Å²) in [6, 6.07) is 14.4. The minimum Gasteiger partial charge on any atom is -0.325 e. The van der Waals surface area contributed by atoms with E-state index in [1.54, 1.807) is 11.0 Å². The summed E-state index contributed by atoms with van der Waals surface area (Å²) in [5.74, 6) is 0.568. The second-order valence-corrected chi connectivity index (χ2v) is 6.88. The molecule has 0 saturated carbocycles. The Hall–Kier alpha value is -2.60.